The Morgan fingerprint density at radius 1 is 0.844 bits per heavy atom. The summed E-state index contributed by atoms with van der Waals surface area (Å²) in [7, 11) is 5.59. The molecule has 1 amide bonds. The molecule has 0 saturated heterocycles. The number of benzene rings is 2. The van der Waals surface area contributed by atoms with Crippen molar-refractivity contribution < 1.29 is 33.3 Å². The van der Waals surface area contributed by atoms with Gasteiger partial charge in [-0.25, -0.2) is 9.59 Å². The van der Waals surface area contributed by atoms with Crippen LogP contribution in [0.4, 0.5) is 5.69 Å². The molecule has 0 fully saturated rings. The average Bonchev–Trinajstić information content (AvgIpc) is 3.07. The van der Waals surface area contributed by atoms with Crippen LogP contribution in [0.3, 0.4) is 0 Å². The number of anilines is 1. The predicted octanol–water partition coefficient (Wildman–Crippen LogP) is 3.37. The maximum Gasteiger partial charge on any atom is 0.340 e. The third-order valence-corrected chi connectivity index (χ3v) is 5.05. The van der Waals surface area contributed by atoms with Gasteiger partial charge in [0, 0.05) is 11.4 Å². The Hall–Kier alpha value is -4.07. The summed E-state index contributed by atoms with van der Waals surface area (Å²) in [5, 5.41) is 0. The topological polar surface area (TPSA) is 91.4 Å². The van der Waals surface area contributed by atoms with Gasteiger partial charge in [0.25, 0.3) is 5.91 Å². The largest absolute Gasteiger partial charge is 0.493 e. The molecule has 32 heavy (non-hydrogen) atoms. The maximum atomic E-state index is 13.4. The molecule has 8 heteroatoms. The molecule has 2 aromatic rings. The molecule has 0 spiro atoms. The summed E-state index contributed by atoms with van der Waals surface area (Å²) in [6.07, 6.45) is 1.60. The molecular formula is C24H23NO7. The highest BCUT2D eigenvalue weighted by Gasteiger charge is 2.38. The molecular weight excluding hydrogens is 414 g/mol. The Balaban J connectivity index is 2.08. The summed E-state index contributed by atoms with van der Waals surface area (Å²) in [4.78, 5) is 39.0. The second-order valence-corrected chi connectivity index (χ2v) is 6.80. The van der Waals surface area contributed by atoms with Crippen LogP contribution in [0.15, 0.2) is 59.3 Å². The lowest BCUT2D eigenvalue weighted by atomic mass is 10.0. The smallest absolute Gasteiger partial charge is 0.340 e. The van der Waals surface area contributed by atoms with Crippen molar-refractivity contribution in [3.8, 4) is 11.5 Å². The third kappa shape index (κ3) is 4.07. The van der Waals surface area contributed by atoms with E-state index in [1.54, 1.807) is 55.5 Å². The number of hydrogen-bond donors (Lipinski definition) is 0. The number of hydrogen-bond acceptors (Lipinski definition) is 7. The first-order chi connectivity index (χ1) is 15.4. The number of allylic oxidation sites excluding steroid dienone is 1. The molecule has 0 N–H and O–H groups in total. The minimum Gasteiger partial charge on any atom is -0.493 e. The quantitative estimate of drug-likeness (QED) is 0.505. The van der Waals surface area contributed by atoms with Crippen molar-refractivity contribution >= 4 is 29.6 Å². The van der Waals surface area contributed by atoms with Gasteiger partial charge in [-0.2, -0.15) is 0 Å². The number of amides is 1. The van der Waals surface area contributed by atoms with E-state index in [0.29, 0.717) is 34.0 Å². The molecule has 8 nitrogen and oxygen atoms in total. The van der Waals surface area contributed by atoms with Gasteiger partial charge >= 0.3 is 11.9 Å². The number of methoxy groups -OCH3 is 4. The van der Waals surface area contributed by atoms with E-state index in [2.05, 4.69) is 0 Å². The van der Waals surface area contributed by atoms with Crippen LogP contribution in [0.1, 0.15) is 22.8 Å². The molecule has 2 aromatic carbocycles. The SMILES string of the molecule is COC(=O)C1=C(C)N(c2ccc(C(=O)OC)cc2)C(=O)C1=Cc1ccc(OC)c(OC)c1. The first kappa shape index (κ1) is 22.6. The van der Waals surface area contributed by atoms with Crippen LogP contribution in [-0.2, 0) is 19.1 Å². The van der Waals surface area contributed by atoms with E-state index in [1.807, 2.05) is 0 Å². The number of carbonyl (C=O) groups excluding carboxylic acids is 3. The van der Waals surface area contributed by atoms with E-state index in [0.717, 1.165) is 0 Å². The molecule has 0 radical (unpaired) electrons. The lowest BCUT2D eigenvalue weighted by molar-refractivity contribution is -0.136. The van der Waals surface area contributed by atoms with Crippen molar-refractivity contribution in [1.29, 1.82) is 0 Å². The highest BCUT2D eigenvalue weighted by Crippen LogP contribution is 2.36. The van der Waals surface area contributed by atoms with Gasteiger partial charge in [0.2, 0.25) is 0 Å². The summed E-state index contributed by atoms with van der Waals surface area (Å²) < 4.78 is 20.2. The molecule has 166 valence electrons. The Morgan fingerprint density at radius 2 is 1.47 bits per heavy atom. The molecule has 0 bridgehead atoms. The van der Waals surface area contributed by atoms with Crippen molar-refractivity contribution in [1.82, 2.24) is 0 Å². The van der Waals surface area contributed by atoms with Gasteiger partial charge in [0.05, 0.1) is 45.1 Å². The zero-order chi connectivity index (χ0) is 23.4. The van der Waals surface area contributed by atoms with E-state index in [-0.39, 0.29) is 11.1 Å². The van der Waals surface area contributed by atoms with E-state index < -0.39 is 17.8 Å². The van der Waals surface area contributed by atoms with Crippen LogP contribution < -0.4 is 14.4 Å². The number of carbonyl (C=O) groups is 3. The van der Waals surface area contributed by atoms with Crippen LogP contribution in [0.25, 0.3) is 6.08 Å². The van der Waals surface area contributed by atoms with Gasteiger partial charge in [-0.05, 0) is 55.0 Å². The highest BCUT2D eigenvalue weighted by atomic mass is 16.5. The zero-order valence-electron chi connectivity index (χ0n) is 18.4. The van der Waals surface area contributed by atoms with Gasteiger partial charge in [-0.3, -0.25) is 9.69 Å². The third-order valence-electron chi connectivity index (χ3n) is 5.05. The standard InChI is InChI=1S/C24H23NO7/c1-14-21(24(28)32-5)18(12-15-6-11-19(29-2)20(13-15)30-3)22(26)25(14)17-9-7-16(8-10-17)23(27)31-4/h6-13H,1-5H3. The fourth-order valence-electron chi connectivity index (χ4n) is 3.46. The van der Waals surface area contributed by atoms with Crippen molar-refractivity contribution in [3.05, 3.63) is 70.4 Å². The number of esters is 2. The van der Waals surface area contributed by atoms with Gasteiger partial charge in [-0.15, -0.1) is 0 Å². The number of rotatable bonds is 6. The lowest BCUT2D eigenvalue weighted by Gasteiger charge is -2.18. The van der Waals surface area contributed by atoms with E-state index in [1.165, 1.54) is 33.3 Å². The molecule has 0 aliphatic carbocycles. The van der Waals surface area contributed by atoms with Crippen molar-refractivity contribution in [2.45, 2.75) is 6.92 Å². The number of nitrogens with zero attached hydrogens (tertiary/aromatic N) is 1. The molecule has 0 unspecified atom stereocenters. The maximum absolute atomic E-state index is 13.4. The monoisotopic (exact) mass is 437 g/mol. The van der Waals surface area contributed by atoms with E-state index >= 15 is 0 Å². The molecule has 1 heterocycles. The Morgan fingerprint density at radius 3 is 2.03 bits per heavy atom. The van der Waals surface area contributed by atoms with Crippen LogP contribution >= 0.6 is 0 Å². The van der Waals surface area contributed by atoms with Gasteiger partial charge in [-0.1, -0.05) is 6.07 Å². The van der Waals surface area contributed by atoms with E-state index in [4.69, 9.17) is 18.9 Å². The molecule has 3 rings (SSSR count). The summed E-state index contributed by atoms with van der Waals surface area (Å²) in [6.45, 7) is 1.66. The summed E-state index contributed by atoms with van der Waals surface area (Å²) in [5.74, 6) is -0.483. The fourth-order valence-corrected chi connectivity index (χ4v) is 3.46. The Labute approximate surface area is 185 Å². The molecule has 0 aromatic heterocycles. The highest BCUT2D eigenvalue weighted by molar-refractivity contribution is 6.23. The Kier molecular flexibility index (Phi) is 6.63. The van der Waals surface area contributed by atoms with Crippen LogP contribution in [-0.4, -0.2) is 46.3 Å². The molecule has 0 saturated carbocycles. The lowest BCUT2D eigenvalue weighted by Crippen LogP contribution is -2.24. The van der Waals surface area contributed by atoms with Crippen LogP contribution in [0.5, 0.6) is 11.5 Å². The number of ether oxygens (including phenoxy) is 4. The first-order valence-corrected chi connectivity index (χ1v) is 9.62. The van der Waals surface area contributed by atoms with Crippen molar-refractivity contribution in [2.24, 2.45) is 0 Å². The molecule has 0 atom stereocenters. The fraction of sp³-hybridized carbons (Fsp3) is 0.208. The average molecular weight is 437 g/mol. The summed E-state index contributed by atoms with van der Waals surface area (Å²) in [6, 6.07) is 11.5. The second-order valence-electron chi connectivity index (χ2n) is 6.80. The predicted molar refractivity (Wildman–Crippen MR) is 118 cm³/mol. The van der Waals surface area contributed by atoms with Crippen LogP contribution in [0.2, 0.25) is 0 Å². The first-order valence-electron chi connectivity index (χ1n) is 9.62. The summed E-state index contributed by atoms with van der Waals surface area (Å²) in [5.41, 5.74) is 2.24. The van der Waals surface area contributed by atoms with Crippen LogP contribution in [0, 0.1) is 0 Å². The Bertz CT molecular complexity index is 1130. The van der Waals surface area contributed by atoms with E-state index in [9.17, 15) is 14.4 Å². The van der Waals surface area contributed by atoms with Crippen molar-refractivity contribution in [3.63, 3.8) is 0 Å². The second kappa shape index (κ2) is 9.38. The summed E-state index contributed by atoms with van der Waals surface area (Å²) >= 11 is 0. The van der Waals surface area contributed by atoms with Crippen molar-refractivity contribution in [2.75, 3.05) is 33.3 Å². The minimum absolute atomic E-state index is 0.157. The van der Waals surface area contributed by atoms with Gasteiger partial charge < -0.3 is 18.9 Å². The van der Waals surface area contributed by atoms with Gasteiger partial charge in [0.1, 0.15) is 0 Å². The van der Waals surface area contributed by atoms with Gasteiger partial charge in [0.15, 0.2) is 11.5 Å². The molecule has 1 aliphatic heterocycles. The normalized spacial score (nSPS) is 14.6. The minimum atomic E-state index is -0.628. The molecule has 1 aliphatic rings. The zero-order valence-corrected chi connectivity index (χ0v) is 18.4.